The van der Waals surface area contributed by atoms with Crippen LogP contribution in [0.1, 0.15) is 26.7 Å². The summed E-state index contributed by atoms with van der Waals surface area (Å²) in [5.74, 6) is -0.0354. The number of carbonyl (C=O) groups excluding carboxylic acids is 1. The Kier molecular flexibility index (Phi) is 7.81. The first-order valence-electron chi connectivity index (χ1n) is 7.44. The summed E-state index contributed by atoms with van der Waals surface area (Å²) < 4.78 is 5.49. The predicted molar refractivity (Wildman–Crippen MR) is 84.0 cm³/mol. The standard InChI is InChI=1S/C16H24N2O4/c1-12(2)11-14(15(19)20)18-16(21)17-9-6-10-22-13-7-4-3-5-8-13/h3-5,7-8,12,14H,6,9-11H2,1-2H3,(H,19,20)(H2,17,18,21). The molecule has 0 aliphatic heterocycles. The van der Waals surface area contributed by atoms with Gasteiger partial charge in [0.25, 0.3) is 0 Å². The second kappa shape index (κ2) is 9.65. The lowest BCUT2D eigenvalue weighted by molar-refractivity contribution is -0.139. The van der Waals surface area contributed by atoms with Crippen molar-refractivity contribution >= 4 is 12.0 Å². The van der Waals surface area contributed by atoms with Crippen LogP contribution in [0.2, 0.25) is 0 Å². The molecule has 0 saturated heterocycles. The number of nitrogens with one attached hydrogen (secondary N) is 2. The van der Waals surface area contributed by atoms with E-state index in [1.807, 2.05) is 44.2 Å². The number of carboxylic acids is 1. The third-order valence-electron chi connectivity index (χ3n) is 2.93. The van der Waals surface area contributed by atoms with Crippen LogP contribution < -0.4 is 15.4 Å². The lowest BCUT2D eigenvalue weighted by Crippen LogP contribution is -2.46. The largest absolute Gasteiger partial charge is 0.494 e. The third kappa shape index (κ3) is 7.52. The van der Waals surface area contributed by atoms with Gasteiger partial charge in [0.05, 0.1) is 6.61 Å². The summed E-state index contributed by atoms with van der Waals surface area (Å²) in [6.45, 7) is 4.73. The van der Waals surface area contributed by atoms with Gasteiger partial charge in [-0.15, -0.1) is 0 Å². The van der Waals surface area contributed by atoms with Crippen LogP contribution in [0.15, 0.2) is 30.3 Å². The zero-order valence-corrected chi connectivity index (χ0v) is 13.0. The minimum atomic E-state index is -1.02. The highest BCUT2D eigenvalue weighted by atomic mass is 16.5. The van der Waals surface area contributed by atoms with E-state index in [1.165, 1.54) is 0 Å². The molecule has 1 rings (SSSR count). The van der Waals surface area contributed by atoms with Crippen molar-refractivity contribution in [1.29, 1.82) is 0 Å². The van der Waals surface area contributed by atoms with Crippen molar-refractivity contribution in [3.8, 4) is 5.75 Å². The molecule has 0 aromatic heterocycles. The monoisotopic (exact) mass is 308 g/mol. The van der Waals surface area contributed by atoms with E-state index >= 15 is 0 Å². The number of ether oxygens (including phenoxy) is 1. The first kappa shape index (κ1) is 17.8. The van der Waals surface area contributed by atoms with Crippen LogP contribution >= 0.6 is 0 Å². The number of benzene rings is 1. The number of carbonyl (C=O) groups is 2. The van der Waals surface area contributed by atoms with Crippen LogP contribution in [0.3, 0.4) is 0 Å². The molecule has 2 amide bonds. The van der Waals surface area contributed by atoms with E-state index in [1.54, 1.807) is 0 Å². The van der Waals surface area contributed by atoms with Crippen molar-refractivity contribution in [3.05, 3.63) is 30.3 Å². The highest BCUT2D eigenvalue weighted by molar-refractivity contribution is 5.82. The highest BCUT2D eigenvalue weighted by Crippen LogP contribution is 2.08. The van der Waals surface area contributed by atoms with Crippen molar-refractivity contribution < 1.29 is 19.4 Å². The average molecular weight is 308 g/mol. The molecule has 6 heteroatoms. The third-order valence-corrected chi connectivity index (χ3v) is 2.93. The molecule has 3 N–H and O–H groups in total. The van der Waals surface area contributed by atoms with Crippen LogP contribution in [0.4, 0.5) is 4.79 Å². The molecular formula is C16H24N2O4. The molecule has 0 saturated carbocycles. The normalized spacial score (nSPS) is 11.8. The molecule has 1 aromatic rings. The second-order valence-corrected chi connectivity index (χ2v) is 5.44. The van der Waals surface area contributed by atoms with Gasteiger partial charge in [-0.1, -0.05) is 32.0 Å². The van der Waals surface area contributed by atoms with Gasteiger partial charge in [-0.05, 0) is 30.9 Å². The van der Waals surface area contributed by atoms with Crippen molar-refractivity contribution in [1.82, 2.24) is 10.6 Å². The zero-order valence-electron chi connectivity index (χ0n) is 13.0. The summed E-state index contributed by atoms with van der Waals surface area (Å²) >= 11 is 0. The number of carboxylic acid groups (broad SMARTS) is 1. The van der Waals surface area contributed by atoms with Gasteiger partial charge in [0.1, 0.15) is 11.8 Å². The van der Waals surface area contributed by atoms with Crippen molar-refractivity contribution in [3.63, 3.8) is 0 Å². The SMILES string of the molecule is CC(C)CC(NC(=O)NCCCOc1ccccc1)C(=O)O. The van der Waals surface area contributed by atoms with Gasteiger partial charge in [0.15, 0.2) is 0 Å². The molecule has 0 spiro atoms. The fourth-order valence-electron chi connectivity index (χ4n) is 1.88. The van der Waals surface area contributed by atoms with Crippen LogP contribution in [-0.4, -0.2) is 36.3 Å². The minimum Gasteiger partial charge on any atom is -0.494 e. The number of aliphatic carboxylic acids is 1. The van der Waals surface area contributed by atoms with E-state index in [9.17, 15) is 9.59 Å². The predicted octanol–water partition coefficient (Wildman–Crippen LogP) is 2.25. The summed E-state index contributed by atoms with van der Waals surface area (Å²) in [6.07, 6.45) is 1.05. The van der Waals surface area contributed by atoms with Gasteiger partial charge >= 0.3 is 12.0 Å². The van der Waals surface area contributed by atoms with Crippen molar-refractivity contribution in [2.45, 2.75) is 32.7 Å². The molecule has 1 aromatic carbocycles. The molecule has 0 radical (unpaired) electrons. The average Bonchev–Trinajstić information content (AvgIpc) is 2.46. The molecule has 1 unspecified atom stereocenters. The van der Waals surface area contributed by atoms with E-state index in [0.717, 1.165) is 5.75 Å². The van der Waals surface area contributed by atoms with Gasteiger partial charge in [0.2, 0.25) is 0 Å². The summed E-state index contributed by atoms with van der Waals surface area (Å²) in [5.41, 5.74) is 0. The quantitative estimate of drug-likeness (QED) is 0.611. The molecule has 0 aliphatic rings. The molecule has 0 fully saturated rings. The summed E-state index contributed by atoms with van der Waals surface area (Å²) in [6, 6.07) is 8.10. The minimum absolute atomic E-state index is 0.195. The molecule has 0 aliphatic carbocycles. The molecular weight excluding hydrogens is 284 g/mol. The zero-order chi connectivity index (χ0) is 16.4. The van der Waals surface area contributed by atoms with Gasteiger partial charge in [-0.3, -0.25) is 0 Å². The molecule has 0 heterocycles. The number of hydrogen-bond acceptors (Lipinski definition) is 3. The van der Waals surface area contributed by atoms with E-state index in [0.29, 0.717) is 26.0 Å². The molecule has 0 bridgehead atoms. The number of urea groups is 1. The maximum Gasteiger partial charge on any atom is 0.326 e. The Morgan fingerprint density at radius 2 is 1.91 bits per heavy atom. The fraction of sp³-hybridized carbons (Fsp3) is 0.500. The number of amides is 2. The van der Waals surface area contributed by atoms with Gasteiger partial charge in [-0.2, -0.15) is 0 Å². The van der Waals surface area contributed by atoms with E-state index in [-0.39, 0.29) is 5.92 Å². The maximum atomic E-state index is 11.6. The lowest BCUT2D eigenvalue weighted by atomic mass is 10.0. The van der Waals surface area contributed by atoms with Crippen LogP contribution in [0, 0.1) is 5.92 Å². The summed E-state index contributed by atoms with van der Waals surface area (Å²) in [7, 11) is 0. The van der Waals surface area contributed by atoms with Gasteiger partial charge < -0.3 is 20.5 Å². The molecule has 122 valence electrons. The molecule has 1 atom stereocenters. The Hall–Kier alpha value is -2.24. The van der Waals surface area contributed by atoms with E-state index in [2.05, 4.69) is 10.6 Å². The lowest BCUT2D eigenvalue weighted by Gasteiger charge is -2.16. The first-order chi connectivity index (χ1) is 10.5. The Morgan fingerprint density at radius 3 is 2.50 bits per heavy atom. The van der Waals surface area contributed by atoms with Gasteiger partial charge in [0, 0.05) is 6.54 Å². The van der Waals surface area contributed by atoms with E-state index < -0.39 is 18.0 Å². The first-order valence-corrected chi connectivity index (χ1v) is 7.44. The summed E-state index contributed by atoms with van der Waals surface area (Å²) in [4.78, 5) is 22.7. The second-order valence-electron chi connectivity index (χ2n) is 5.44. The number of rotatable bonds is 9. The fourth-order valence-corrected chi connectivity index (χ4v) is 1.88. The van der Waals surface area contributed by atoms with Crippen LogP contribution in [-0.2, 0) is 4.79 Å². The van der Waals surface area contributed by atoms with Crippen molar-refractivity contribution in [2.75, 3.05) is 13.2 Å². The van der Waals surface area contributed by atoms with E-state index in [4.69, 9.17) is 9.84 Å². The number of para-hydroxylation sites is 1. The Labute approximate surface area is 130 Å². The smallest absolute Gasteiger partial charge is 0.326 e. The summed E-state index contributed by atoms with van der Waals surface area (Å²) in [5, 5.41) is 14.1. The Balaban J connectivity index is 2.18. The Bertz CT molecular complexity index is 462. The maximum absolute atomic E-state index is 11.6. The highest BCUT2D eigenvalue weighted by Gasteiger charge is 2.20. The molecule has 22 heavy (non-hydrogen) atoms. The topological polar surface area (TPSA) is 87.7 Å². The number of hydrogen-bond donors (Lipinski definition) is 3. The van der Waals surface area contributed by atoms with Gasteiger partial charge in [-0.25, -0.2) is 9.59 Å². The van der Waals surface area contributed by atoms with Crippen LogP contribution in [0.5, 0.6) is 5.75 Å². The van der Waals surface area contributed by atoms with Crippen LogP contribution in [0.25, 0.3) is 0 Å². The Morgan fingerprint density at radius 1 is 1.23 bits per heavy atom. The molecule has 6 nitrogen and oxygen atoms in total. The van der Waals surface area contributed by atoms with Crippen molar-refractivity contribution in [2.24, 2.45) is 5.92 Å².